The lowest BCUT2D eigenvalue weighted by molar-refractivity contribution is -0.117. The molecule has 0 bridgehead atoms. The van der Waals surface area contributed by atoms with Gasteiger partial charge in [-0.1, -0.05) is 48.5 Å². The maximum Gasteiger partial charge on any atom is 0.232 e. The number of rotatable bonds is 7. The zero-order chi connectivity index (χ0) is 18.2. The van der Waals surface area contributed by atoms with E-state index in [1.165, 1.54) is 0 Å². The number of carbonyl (C=O) groups excluding carboxylic acids is 1. The zero-order valence-corrected chi connectivity index (χ0v) is 14.8. The van der Waals surface area contributed by atoms with Gasteiger partial charge in [-0.25, -0.2) is 0 Å². The van der Waals surface area contributed by atoms with Crippen molar-refractivity contribution in [2.75, 3.05) is 11.9 Å². The van der Waals surface area contributed by atoms with Crippen LogP contribution in [0.15, 0.2) is 79.0 Å². The van der Waals surface area contributed by atoms with Crippen molar-refractivity contribution in [3.63, 3.8) is 0 Å². The predicted molar refractivity (Wildman–Crippen MR) is 103 cm³/mol. The second-order valence-corrected chi connectivity index (χ2v) is 5.91. The number of nitrogens with zero attached hydrogens (tertiary/aromatic N) is 1. The number of hydrogen-bond acceptors (Lipinski definition) is 3. The van der Waals surface area contributed by atoms with Crippen molar-refractivity contribution in [2.45, 2.75) is 19.3 Å². The maximum atomic E-state index is 13.1. The molecule has 0 spiro atoms. The normalized spacial score (nSPS) is 11.6. The third kappa shape index (κ3) is 4.48. The molecule has 0 saturated heterocycles. The third-order valence-electron chi connectivity index (χ3n) is 4.10. The van der Waals surface area contributed by atoms with Gasteiger partial charge in [0.05, 0.1) is 18.2 Å². The number of ether oxygens (including phenoxy) is 1. The highest BCUT2D eigenvalue weighted by Gasteiger charge is 2.22. The van der Waals surface area contributed by atoms with Gasteiger partial charge < -0.3 is 10.1 Å². The van der Waals surface area contributed by atoms with E-state index in [1.54, 1.807) is 6.20 Å². The number of amides is 1. The van der Waals surface area contributed by atoms with Gasteiger partial charge in [0.1, 0.15) is 5.75 Å². The van der Waals surface area contributed by atoms with Crippen molar-refractivity contribution < 1.29 is 9.53 Å². The number of nitrogens with one attached hydrogen (secondary N) is 1. The molecule has 1 unspecified atom stereocenters. The lowest BCUT2D eigenvalue weighted by atomic mass is 9.93. The Morgan fingerprint density at radius 2 is 1.73 bits per heavy atom. The SMILES string of the molecule is CCOc1ccccc1NC(=O)C(Cc1ccccn1)c1ccccc1. The molecule has 1 atom stereocenters. The molecule has 0 fully saturated rings. The molecule has 4 heteroatoms. The van der Waals surface area contributed by atoms with Crippen molar-refractivity contribution in [1.29, 1.82) is 0 Å². The fourth-order valence-corrected chi connectivity index (χ4v) is 2.85. The number of pyridine rings is 1. The molecule has 3 rings (SSSR count). The summed E-state index contributed by atoms with van der Waals surface area (Å²) in [4.78, 5) is 17.5. The minimum Gasteiger partial charge on any atom is -0.492 e. The lowest BCUT2D eigenvalue weighted by Gasteiger charge is -2.18. The van der Waals surface area contributed by atoms with Crippen LogP contribution in [-0.4, -0.2) is 17.5 Å². The molecular formula is C22H22N2O2. The number of anilines is 1. The molecule has 1 amide bonds. The van der Waals surface area contributed by atoms with E-state index in [4.69, 9.17) is 4.74 Å². The summed E-state index contributed by atoms with van der Waals surface area (Å²) < 4.78 is 5.61. The molecule has 3 aromatic rings. The van der Waals surface area contributed by atoms with Gasteiger partial charge >= 0.3 is 0 Å². The Kier molecular flexibility index (Phi) is 5.99. The van der Waals surface area contributed by atoms with Crippen LogP contribution in [-0.2, 0) is 11.2 Å². The zero-order valence-electron chi connectivity index (χ0n) is 14.8. The highest BCUT2D eigenvalue weighted by Crippen LogP contribution is 2.27. The Morgan fingerprint density at radius 1 is 1.00 bits per heavy atom. The smallest absolute Gasteiger partial charge is 0.232 e. The van der Waals surface area contributed by atoms with E-state index < -0.39 is 0 Å². The molecular weight excluding hydrogens is 324 g/mol. The van der Waals surface area contributed by atoms with Crippen LogP contribution in [0.25, 0.3) is 0 Å². The predicted octanol–water partition coefficient (Wildman–Crippen LogP) is 4.45. The molecule has 4 nitrogen and oxygen atoms in total. The molecule has 0 aliphatic heterocycles. The first-order valence-electron chi connectivity index (χ1n) is 8.75. The van der Waals surface area contributed by atoms with Crippen LogP contribution >= 0.6 is 0 Å². The molecule has 1 aromatic heterocycles. The molecule has 0 saturated carbocycles. The molecule has 0 radical (unpaired) electrons. The van der Waals surface area contributed by atoms with Gasteiger partial charge in [-0.2, -0.15) is 0 Å². The minimum absolute atomic E-state index is 0.0750. The first-order valence-corrected chi connectivity index (χ1v) is 8.75. The van der Waals surface area contributed by atoms with Gasteiger partial charge in [-0.3, -0.25) is 9.78 Å². The van der Waals surface area contributed by atoms with E-state index >= 15 is 0 Å². The van der Waals surface area contributed by atoms with Crippen LogP contribution in [0.4, 0.5) is 5.69 Å². The second-order valence-electron chi connectivity index (χ2n) is 5.91. The van der Waals surface area contributed by atoms with E-state index in [9.17, 15) is 4.79 Å². The first-order chi connectivity index (χ1) is 12.8. The number of hydrogen-bond donors (Lipinski definition) is 1. The van der Waals surface area contributed by atoms with Gasteiger partial charge in [0, 0.05) is 18.3 Å². The Morgan fingerprint density at radius 3 is 2.46 bits per heavy atom. The molecule has 26 heavy (non-hydrogen) atoms. The van der Waals surface area contributed by atoms with Gasteiger partial charge in [-0.05, 0) is 36.8 Å². The number of benzene rings is 2. The Hall–Kier alpha value is -3.14. The van der Waals surface area contributed by atoms with E-state index in [-0.39, 0.29) is 11.8 Å². The van der Waals surface area contributed by atoms with Crippen LogP contribution in [0.1, 0.15) is 24.1 Å². The molecule has 1 N–H and O–H groups in total. The molecule has 1 heterocycles. The van der Waals surface area contributed by atoms with Gasteiger partial charge in [0.15, 0.2) is 0 Å². The highest BCUT2D eigenvalue weighted by molar-refractivity contribution is 5.97. The van der Waals surface area contributed by atoms with Crippen LogP contribution in [0, 0.1) is 0 Å². The van der Waals surface area contributed by atoms with Crippen LogP contribution in [0.3, 0.4) is 0 Å². The fourth-order valence-electron chi connectivity index (χ4n) is 2.85. The second kappa shape index (κ2) is 8.81. The minimum atomic E-state index is -0.333. The van der Waals surface area contributed by atoms with Gasteiger partial charge in [-0.15, -0.1) is 0 Å². The monoisotopic (exact) mass is 346 g/mol. The molecule has 132 valence electrons. The summed E-state index contributed by atoms with van der Waals surface area (Å²) in [7, 11) is 0. The van der Waals surface area contributed by atoms with Crippen LogP contribution in [0.2, 0.25) is 0 Å². The molecule has 0 aliphatic carbocycles. The van der Waals surface area contributed by atoms with Crippen molar-refractivity contribution >= 4 is 11.6 Å². The fraction of sp³-hybridized carbons (Fsp3) is 0.182. The molecule has 0 aliphatic rings. The maximum absolute atomic E-state index is 13.1. The Labute approximate surface area is 153 Å². The Bertz CT molecular complexity index is 835. The van der Waals surface area contributed by atoms with E-state index in [2.05, 4.69) is 10.3 Å². The standard InChI is InChI=1S/C22H22N2O2/c1-2-26-21-14-7-6-13-20(21)24-22(25)19(17-10-4-3-5-11-17)16-18-12-8-9-15-23-18/h3-15,19H,2,16H2,1H3,(H,24,25). The number of carbonyl (C=O) groups is 1. The summed E-state index contributed by atoms with van der Waals surface area (Å²) in [5, 5.41) is 3.02. The average molecular weight is 346 g/mol. The molecule has 2 aromatic carbocycles. The van der Waals surface area contributed by atoms with Crippen LogP contribution in [0.5, 0.6) is 5.75 Å². The first kappa shape index (κ1) is 17.7. The summed E-state index contributed by atoms with van der Waals surface area (Å²) in [6.45, 7) is 2.47. The van der Waals surface area contributed by atoms with Gasteiger partial charge in [0.2, 0.25) is 5.91 Å². The average Bonchev–Trinajstić information content (AvgIpc) is 2.69. The topological polar surface area (TPSA) is 51.2 Å². The summed E-state index contributed by atoms with van der Waals surface area (Å²) in [5.41, 5.74) is 2.53. The van der Waals surface area contributed by atoms with Crippen molar-refractivity contribution in [1.82, 2.24) is 4.98 Å². The lowest BCUT2D eigenvalue weighted by Crippen LogP contribution is -2.23. The third-order valence-corrected chi connectivity index (χ3v) is 4.10. The summed E-state index contributed by atoms with van der Waals surface area (Å²) in [6, 6.07) is 23.0. The van der Waals surface area contributed by atoms with E-state index in [0.29, 0.717) is 24.5 Å². The Balaban J connectivity index is 1.86. The summed E-state index contributed by atoms with van der Waals surface area (Å²) in [6.07, 6.45) is 2.28. The summed E-state index contributed by atoms with van der Waals surface area (Å²) in [5.74, 6) is 0.266. The van der Waals surface area contributed by atoms with E-state index in [1.807, 2.05) is 79.7 Å². The van der Waals surface area contributed by atoms with Crippen molar-refractivity contribution in [2.24, 2.45) is 0 Å². The number of aromatic nitrogens is 1. The van der Waals surface area contributed by atoms with Crippen molar-refractivity contribution in [3.8, 4) is 5.75 Å². The highest BCUT2D eigenvalue weighted by atomic mass is 16.5. The van der Waals surface area contributed by atoms with Crippen LogP contribution < -0.4 is 10.1 Å². The van der Waals surface area contributed by atoms with E-state index in [0.717, 1.165) is 11.3 Å². The van der Waals surface area contributed by atoms with Crippen molar-refractivity contribution in [3.05, 3.63) is 90.3 Å². The number of para-hydroxylation sites is 2. The summed E-state index contributed by atoms with van der Waals surface area (Å²) >= 11 is 0. The largest absolute Gasteiger partial charge is 0.492 e. The van der Waals surface area contributed by atoms with Gasteiger partial charge in [0.25, 0.3) is 0 Å². The quantitative estimate of drug-likeness (QED) is 0.688.